The normalized spacial score (nSPS) is 13.2. The lowest BCUT2D eigenvalue weighted by Gasteiger charge is -2.08. The number of aromatic nitrogens is 2. The summed E-state index contributed by atoms with van der Waals surface area (Å²) in [7, 11) is 1.73. The lowest BCUT2D eigenvalue weighted by Crippen LogP contribution is -2.07. The van der Waals surface area contributed by atoms with Crippen molar-refractivity contribution in [3.63, 3.8) is 0 Å². The van der Waals surface area contributed by atoms with Crippen molar-refractivity contribution in [3.05, 3.63) is 63.3 Å². The van der Waals surface area contributed by atoms with Gasteiger partial charge in [0, 0.05) is 30.3 Å². The first kappa shape index (κ1) is 14.7. The summed E-state index contributed by atoms with van der Waals surface area (Å²) in [6.07, 6.45) is 6.19. The maximum atomic E-state index is 12.1. The van der Waals surface area contributed by atoms with Gasteiger partial charge in [-0.1, -0.05) is 0 Å². The van der Waals surface area contributed by atoms with Gasteiger partial charge in [-0.15, -0.1) is 0 Å². The van der Waals surface area contributed by atoms with Crippen molar-refractivity contribution in [1.29, 1.82) is 0 Å². The summed E-state index contributed by atoms with van der Waals surface area (Å²) in [5.74, 6) is -0.467. The molecule has 1 aliphatic rings. The van der Waals surface area contributed by atoms with Crippen LogP contribution in [-0.4, -0.2) is 15.7 Å². The molecule has 0 fully saturated rings. The Morgan fingerprint density at radius 3 is 2.83 bits per heavy atom. The SMILES string of the molecule is Cn1cc(C(=O)OCc2cc(=O)oc3cc4c(cc23)CCC4)cn1. The van der Waals surface area contributed by atoms with Crippen molar-refractivity contribution < 1.29 is 13.9 Å². The minimum absolute atomic E-state index is 0.0224. The Labute approximate surface area is 137 Å². The molecule has 0 unspecified atom stereocenters. The van der Waals surface area contributed by atoms with Crippen LogP contribution in [0, 0.1) is 0 Å². The molecule has 4 rings (SSSR count). The van der Waals surface area contributed by atoms with Crippen LogP contribution in [0.15, 0.2) is 39.8 Å². The van der Waals surface area contributed by atoms with Crippen molar-refractivity contribution in [2.45, 2.75) is 25.9 Å². The lowest BCUT2D eigenvalue weighted by molar-refractivity contribution is 0.0473. The van der Waals surface area contributed by atoms with Gasteiger partial charge in [-0.3, -0.25) is 4.68 Å². The van der Waals surface area contributed by atoms with Gasteiger partial charge in [-0.25, -0.2) is 9.59 Å². The lowest BCUT2D eigenvalue weighted by atomic mass is 10.0. The summed E-state index contributed by atoms with van der Waals surface area (Å²) < 4.78 is 12.2. The number of ether oxygens (including phenoxy) is 1. The molecule has 3 aromatic rings. The third kappa shape index (κ3) is 2.60. The number of carbonyl (C=O) groups excluding carboxylic acids is 1. The topological polar surface area (TPSA) is 74.3 Å². The van der Waals surface area contributed by atoms with Gasteiger partial charge in [-0.2, -0.15) is 5.10 Å². The monoisotopic (exact) mass is 324 g/mol. The minimum atomic E-state index is -0.467. The molecule has 2 heterocycles. The fourth-order valence-corrected chi connectivity index (χ4v) is 3.17. The first-order valence-corrected chi connectivity index (χ1v) is 7.84. The Hall–Kier alpha value is -2.89. The summed E-state index contributed by atoms with van der Waals surface area (Å²) >= 11 is 0. The van der Waals surface area contributed by atoms with E-state index in [1.54, 1.807) is 13.2 Å². The molecule has 0 aliphatic heterocycles. The van der Waals surface area contributed by atoms with Gasteiger partial charge < -0.3 is 9.15 Å². The number of nitrogens with zero attached hydrogens (tertiary/aromatic N) is 2. The van der Waals surface area contributed by atoms with Crippen LogP contribution >= 0.6 is 0 Å². The van der Waals surface area contributed by atoms with Gasteiger partial charge in [-0.05, 0) is 42.5 Å². The Balaban J connectivity index is 1.66. The molecule has 0 bridgehead atoms. The Morgan fingerprint density at radius 1 is 1.29 bits per heavy atom. The van der Waals surface area contributed by atoms with E-state index < -0.39 is 11.6 Å². The molecule has 2 aromatic heterocycles. The van der Waals surface area contributed by atoms with Crippen LogP contribution in [0.2, 0.25) is 0 Å². The Bertz CT molecular complexity index is 1000. The molecule has 122 valence electrons. The highest BCUT2D eigenvalue weighted by atomic mass is 16.5. The second kappa shape index (κ2) is 5.63. The maximum absolute atomic E-state index is 12.1. The van der Waals surface area contributed by atoms with E-state index in [-0.39, 0.29) is 6.61 Å². The molecular formula is C18H16N2O4. The van der Waals surface area contributed by atoms with Crippen molar-refractivity contribution in [2.75, 3.05) is 0 Å². The van der Waals surface area contributed by atoms with E-state index in [1.807, 2.05) is 12.1 Å². The number of aryl methyl sites for hydroxylation is 3. The number of hydrogen-bond acceptors (Lipinski definition) is 5. The zero-order valence-corrected chi connectivity index (χ0v) is 13.2. The zero-order chi connectivity index (χ0) is 16.7. The first-order chi connectivity index (χ1) is 11.6. The molecule has 0 atom stereocenters. The number of carbonyl (C=O) groups is 1. The van der Waals surface area contributed by atoms with Crippen LogP contribution in [0.1, 0.15) is 33.5 Å². The van der Waals surface area contributed by atoms with Gasteiger partial charge in [0.2, 0.25) is 0 Å². The molecule has 1 aromatic carbocycles. The fourth-order valence-electron chi connectivity index (χ4n) is 3.17. The van der Waals surface area contributed by atoms with E-state index in [0.29, 0.717) is 16.7 Å². The summed E-state index contributed by atoms with van der Waals surface area (Å²) in [6.45, 7) is 0.0224. The zero-order valence-electron chi connectivity index (χ0n) is 13.2. The molecule has 0 N–H and O–H groups in total. The average Bonchev–Trinajstić information content (AvgIpc) is 3.18. The van der Waals surface area contributed by atoms with E-state index in [2.05, 4.69) is 5.10 Å². The van der Waals surface area contributed by atoms with Gasteiger partial charge >= 0.3 is 11.6 Å². The third-order valence-electron chi connectivity index (χ3n) is 4.34. The molecule has 6 nitrogen and oxygen atoms in total. The van der Waals surface area contributed by atoms with E-state index in [9.17, 15) is 9.59 Å². The third-order valence-corrected chi connectivity index (χ3v) is 4.34. The van der Waals surface area contributed by atoms with E-state index >= 15 is 0 Å². The molecular weight excluding hydrogens is 308 g/mol. The molecule has 0 saturated carbocycles. The van der Waals surface area contributed by atoms with Gasteiger partial charge in [0.05, 0.1) is 11.8 Å². The van der Waals surface area contributed by atoms with Crippen LogP contribution in [0.5, 0.6) is 0 Å². The van der Waals surface area contributed by atoms with Crippen LogP contribution in [-0.2, 0) is 31.2 Å². The van der Waals surface area contributed by atoms with Crippen LogP contribution in [0.3, 0.4) is 0 Å². The van der Waals surface area contributed by atoms with Crippen molar-refractivity contribution in [1.82, 2.24) is 9.78 Å². The van der Waals surface area contributed by atoms with Crippen LogP contribution < -0.4 is 5.63 Å². The maximum Gasteiger partial charge on any atom is 0.341 e. The first-order valence-electron chi connectivity index (χ1n) is 7.84. The number of fused-ring (bicyclic) bond motifs is 2. The molecule has 0 saturated heterocycles. The van der Waals surface area contributed by atoms with Crippen LogP contribution in [0.25, 0.3) is 11.0 Å². The predicted octanol–water partition coefficient (Wildman–Crippen LogP) is 2.37. The summed E-state index contributed by atoms with van der Waals surface area (Å²) in [4.78, 5) is 23.9. The minimum Gasteiger partial charge on any atom is -0.457 e. The second-order valence-corrected chi connectivity index (χ2v) is 6.04. The molecule has 6 heteroatoms. The Kier molecular flexibility index (Phi) is 3.45. The van der Waals surface area contributed by atoms with Gasteiger partial charge in [0.25, 0.3) is 0 Å². The van der Waals surface area contributed by atoms with Crippen molar-refractivity contribution >= 4 is 16.9 Å². The average molecular weight is 324 g/mol. The van der Waals surface area contributed by atoms with Gasteiger partial charge in [0.1, 0.15) is 12.2 Å². The smallest absolute Gasteiger partial charge is 0.341 e. The van der Waals surface area contributed by atoms with Crippen molar-refractivity contribution in [2.24, 2.45) is 7.05 Å². The highest BCUT2D eigenvalue weighted by Crippen LogP contribution is 2.28. The van der Waals surface area contributed by atoms with Crippen LogP contribution in [0.4, 0.5) is 0 Å². The van der Waals surface area contributed by atoms with Gasteiger partial charge in [0.15, 0.2) is 0 Å². The molecule has 0 spiro atoms. The molecule has 1 aliphatic carbocycles. The van der Waals surface area contributed by atoms with E-state index in [4.69, 9.17) is 9.15 Å². The highest BCUT2D eigenvalue weighted by molar-refractivity contribution is 5.89. The second-order valence-electron chi connectivity index (χ2n) is 6.04. The molecule has 24 heavy (non-hydrogen) atoms. The highest BCUT2D eigenvalue weighted by Gasteiger charge is 2.16. The van der Waals surface area contributed by atoms with Crippen molar-refractivity contribution in [3.8, 4) is 0 Å². The predicted molar refractivity (Wildman–Crippen MR) is 86.8 cm³/mol. The number of benzene rings is 1. The summed E-state index contributed by atoms with van der Waals surface area (Å²) in [6, 6.07) is 5.37. The Morgan fingerprint density at radius 2 is 2.08 bits per heavy atom. The summed E-state index contributed by atoms with van der Waals surface area (Å²) in [5, 5.41) is 4.77. The standard InChI is InChI=1S/C18H16N2O4/c1-20-9-14(8-19-20)18(22)23-10-13-7-17(21)24-16-6-12-4-2-3-11(12)5-15(13)16/h5-9H,2-4,10H2,1H3. The van der Waals surface area contributed by atoms with E-state index in [1.165, 1.54) is 28.1 Å². The summed E-state index contributed by atoms with van der Waals surface area (Å²) in [5.41, 5.74) is 3.66. The fraction of sp³-hybridized carbons (Fsp3) is 0.278. The quantitative estimate of drug-likeness (QED) is 0.546. The number of rotatable bonds is 3. The van der Waals surface area contributed by atoms with E-state index in [0.717, 1.165) is 24.6 Å². The molecule has 0 radical (unpaired) electrons. The largest absolute Gasteiger partial charge is 0.457 e. The molecule has 0 amide bonds. The number of hydrogen-bond donors (Lipinski definition) is 0. The number of esters is 1.